The average Bonchev–Trinajstić information content (AvgIpc) is 2.79. The minimum Gasteiger partial charge on any atom is -0.358 e. The third-order valence-electron chi connectivity index (χ3n) is 4.10. The standard InChI is InChI=1S/C18H18N2O/c1-12-7-6-10-20(14(12)3)11-17(21)18-13(2)19-16-9-5-4-8-15(16)18/h4-10H,11H2,1-3H3/p+1. The molecule has 0 spiro atoms. The summed E-state index contributed by atoms with van der Waals surface area (Å²) < 4.78 is 2.01. The van der Waals surface area contributed by atoms with Crippen LogP contribution in [-0.2, 0) is 6.54 Å². The second-order valence-corrected chi connectivity index (χ2v) is 5.50. The van der Waals surface area contributed by atoms with Gasteiger partial charge in [0.2, 0.25) is 12.3 Å². The van der Waals surface area contributed by atoms with Crippen LogP contribution in [0.3, 0.4) is 0 Å². The maximum Gasteiger partial charge on any atom is 0.229 e. The third-order valence-corrected chi connectivity index (χ3v) is 4.10. The van der Waals surface area contributed by atoms with Gasteiger partial charge < -0.3 is 4.98 Å². The molecule has 3 heteroatoms. The number of carbonyl (C=O) groups is 1. The number of para-hydroxylation sites is 1. The van der Waals surface area contributed by atoms with Gasteiger partial charge in [-0.3, -0.25) is 4.79 Å². The Bertz CT molecular complexity index is 830. The molecule has 0 saturated carbocycles. The van der Waals surface area contributed by atoms with Crippen molar-refractivity contribution in [2.45, 2.75) is 27.3 Å². The lowest BCUT2D eigenvalue weighted by atomic mass is 10.1. The van der Waals surface area contributed by atoms with Crippen molar-refractivity contribution in [3.8, 4) is 0 Å². The molecular weight excluding hydrogens is 260 g/mol. The number of rotatable bonds is 3. The van der Waals surface area contributed by atoms with Crippen molar-refractivity contribution in [1.82, 2.24) is 4.98 Å². The van der Waals surface area contributed by atoms with Gasteiger partial charge in [0, 0.05) is 35.2 Å². The summed E-state index contributed by atoms with van der Waals surface area (Å²) in [6, 6.07) is 12.0. The predicted molar refractivity (Wildman–Crippen MR) is 83.5 cm³/mol. The topological polar surface area (TPSA) is 36.7 Å². The van der Waals surface area contributed by atoms with Gasteiger partial charge >= 0.3 is 0 Å². The van der Waals surface area contributed by atoms with Crippen molar-refractivity contribution >= 4 is 16.7 Å². The zero-order valence-corrected chi connectivity index (χ0v) is 12.6. The molecule has 2 aromatic heterocycles. The average molecular weight is 279 g/mol. The number of ketones is 1. The summed E-state index contributed by atoms with van der Waals surface area (Å²) in [5.74, 6) is 0.142. The van der Waals surface area contributed by atoms with Gasteiger partial charge in [-0.1, -0.05) is 18.2 Å². The van der Waals surface area contributed by atoms with Gasteiger partial charge in [0.1, 0.15) is 0 Å². The van der Waals surface area contributed by atoms with Crippen LogP contribution in [0, 0.1) is 20.8 Å². The van der Waals surface area contributed by atoms with Crippen LogP contribution in [0.4, 0.5) is 0 Å². The number of aryl methyl sites for hydroxylation is 2. The van der Waals surface area contributed by atoms with Gasteiger partial charge in [0.25, 0.3) is 0 Å². The van der Waals surface area contributed by atoms with Crippen molar-refractivity contribution in [2.75, 3.05) is 0 Å². The van der Waals surface area contributed by atoms with Crippen molar-refractivity contribution < 1.29 is 9.36 Å². The fourth-order valence-corrected chi connectivity index (χ4v) is 2.79. The molecule has 0 atom stereocenters. The number of H-pyrrole nitrogens is 1. The highest BCUT2D eigenvalue weighted by atomic mass is 16.1. The first kappa shape index (κ1) is 13.6. The summed E-state index contributed by atoms with van der Waals surface area (Å²) in [7, 11) is 0. The van der Waals surface area contributed by atoms with Crippen LogP contribution in [-0.4, -0.2) is 10.8 Å². The van der Waals surface area contributed by atoms with Crippen LogP contribution < -0.4 is 4.57 Å². The molecule has 1 N–H and O–H groups in total. The monoisotopic (exact) mass is 279 g/mol. The van der Waals surface area contributed by atoms with Crippen molar-refractivity contribution in [3.63, 3.8) is 0 Å². The number of pyridine rings is 1. The highest BCUT2D eigenvalue weighted by Gasteiger charge is 2.20. The summed E-state index contributed by atoms with van der Waals surface area (Å²) in [5.41, 5.74) is 5.08. The number of Topliss-reactive ketones (excluding diaryl/α,β-unsaturated/α-hetero) is 1. The molecule has 3 aromatic rings. The molecule has 0 aliphatic rings. The molecule has 2 heterocycles. The Hall–Kier alpha value is -2.42. The minimum absolute atomic E-state index is 0.142. The second-order valence-electron chi connectivity index (χ2n) is 5.50. The number of carbonyl (C=O) groups excluding carboxylic acids is 1. The Morgan fingerprint density at radius 1 is 1.10 bits per heavy atom. The highest BCUT2D eigenvalue weighted by Crippen LogP contribution is 2.22. The summed E-state index contributed by atoms with van der Waals surface area (Å²) in [4.78, 5) is 16.0. The number of fused-ring (bicyclic) bond motifs is 1. The number of nitrogens with one attached hydrogen (secondary N) is 1. The molecular formula is C18H19N2O+. The zero-order valence-electron chi connectivity index (χ0n) is 12.6. The number of nitrogens with zero attached hydrogens (tertiary/aromatic N) is 1. The van der Waals surface area contributed by atoms with E-state index < -0.39 is 0 Å². The summed E-state index contributed by atoms with van der Waals surface area (Å²) in [6.45, 7) is 6.44. The lowest BCUT2D eigenvalue weighted by Crippen LogP contribution is -2.41. The van der Waals surface area contributed by atoms with Crippen LogP contribution in [0.25, 0.3) is 10.9 Å². The number of hydrogen-bond acceptors (Lipinski definition) is 1. The lowest BCUT2D eigenvalue weighted by Gasteiger charge is -2.03. The molecule has 3 nitrogen and oxygen atoms in total. The Labute approximate surface area is 124 Å². The smallest absolute Gasteiger partial charge is 0.229 e. The number of aromatic amines is 1. The van der Waals surface area contributed by atoms with Crippen LogP contribution in [0.15, 0.2) is 42.6 Å². The van der Waals surface area contributed by atoms with Gasteiger partial charge in [0.15, 0.2) is 11.9 Å². The first-order chi connectivity index (χ1) is 10.1. The van der Waals surface area contributed by atoms with Crippen molar-refractivity contribution in [2.24, 2.45) is 0 Å². The van der Waals surface area contributed by atoms with Crippen molar-refractivity contribution in [3.05, 3.63) is 65.1 Å². The Kier molecular flexibility index (Phi) is 3.34. The van der Waals surface area contributed by atoms with Gasteiger partial charge in [0.05, 0.1) is 5.56 Å². The number of aromatic nitrogens is 2. The predicted octanol–water partition coefficient (Wildman–Crippen LogP) is 3.26. The molecule has 1 aromatic carbocycles. The van der Waals surface area contributed by atoms with E-state index in [2.05, 4.69) is 18.0 Å². The zero-order chi connectivity index (χ0) is 15.0. The molecule has 0 radical (unpaired) electrons. The molecule has 0 saturated heterocycles. The van der Waals surface area contributed by atoms with Crippen LogP contribution in [0.5, 0.6) is 0 Å². The van der Waals surface area contributed by atoms with E-state index >= 15 is 0 Å². The first-order valence-electron chi connectivity index (χ1n) is 7.14. The van der Waals surface area contributed by atoms with E-state index in [4.69, 9.17) is 0 Å². The van der Waals surface area contributed by atoms with Crippen LogP contribution in [0.1, 0.15) is 27.3 Å². The normalized spacial score (nSPS) is 11.0. The molecule has 0 unspecified atom stereocenters. The molecule has 0 aliphatic heterocycles. The number of hydrogen-bond donors (Lipinski definition) is 1. The van der Waals surface area contributed by atoms with E-state index in [9.17, 15) is 4.79 Å². The molecule has 0 bridgehead atoms. The third kappa shape index (κ3) is 2.35. The minimum atomic E-state index is 0.142. The van der Waals surface area contributed by atoms with Crippen LogP contribution >= 0.6 is 0 Å². The van der Waals surface area contributed by atoms with E-state index in [1.165, 1.54) is 5.56 Å². The quantitative estimate of drug-likeness (QED) is 0.580. The van der Waals surface area contributed by atoms with Gasteiger partial charge in [-0.2, -0.15) is 4.57 Å². The SMILES string of the molecule is Cc1ccc[n+](CC(=O)c2c(C)[nH]c3ccccc23)c1C. The molecule has 0 aliphatic carbocycles. The Balaban J connectivity index is 2.01. The van der Waals surface area contributed by atoms with E-state index in [0.717, 1.165) is 27.9 Å². The largest absolute Gasteiger partial charge is 0.358 e. The van der Waals surface area contributed by atoms with E-state index in [0.29, 0.717) is 6.54 Å². The molecule has 106 valence electrons. The van der Waals surface area contributed by atoms with Crippen LogP contribution in [0.2, 0.25) is 0 Å². The van der Waals surface area contributed by atoms with E-state index in [1.54, 1.807) is 0 Å². The lowest BCUT2D eigenvalue weighted by molar-refractivity contribution is -0.689. The number of benzene rings is 1. The van der Waals surface area contributed by atoms with Gasteiger partial charge in [-0.15, -0.1) is 0 Å². The van der Waals surface area contributed by atoms with Gasteiger partial charge in [-0.05, 0) is 26.0 Å². The maximum atomic E-state index is 12.7. The summed E-state index contributed by atoms with van der Waals surface area (Å²) in [6.07, 6.45) is 1.96. The van der Waals surface area contributed by atoms with E-state index in [-0.39, 0.29) is 5.78 Å². The highest BCUT2D eigenvalue weighted by molar-refractivity contribution is 6.08. The van der Waals surface area contributed by atoms with Crippen molar-refractivity contribution in [1.29, 1.82) is 0 Å². The fraction of sp³-hybridized carbons (Fsp3) is 0.222. The fourth-order valence-electron chi connectivity index (χ4n) is 2.79. The Morgan fingerprint density at radius 3 is 2.67 bits per heavy atom. The second kappa shape index (κ2) is 5.17. The summed E-state index contributed by atoms with van der Waals surface area (Å²) in [5, 5.41) is 1.01. The molecule has 3 rings (SSSR count). The Morgan fingerprint density at radius 2 is 1.86 bits per heavy atom. The summed E-state index contributed by atoms with van der Waals surface area (Å²) >= 11 is 0. The molecule has 0 amide bonds. The maximum absolute atomic E-state index is 12.7. The van der Waals surface area contributed by atoms with E-state index in [1.807, 2.05) is 54.9 Å². The molecule has 0 fully saturated rings. The van der Waals surface area contributed by atoms with Gasteiger partial charge in [-0.25, -0.2) is 0 Å². The first-order valence-corrected chi connectivity index (χ1v) is 7.14. The molecule has 21 heavy (non-hydrogen) atoms.